The van der Waals surface area contributed by atoms with Crippen molar-refractivity contribution in [2.75, 3.05) is 26.2 Å². The highest BCUT2D eigenvalue weighted by Crippen LogP contribution is 2.30. The highest BCUT2D eigenvalue weighted by atomic mass is 32.2. The maximum Gasteiger partial charge on any atom is 0.248 e. The van der Waals surface area contributed by atoms with Crippen molar-refractivity contribution in [2.45, 2.75) is 44.9 Å². The first-order valence-corrected chi connectivity index (χ1v) is 11.5. The Hall–Kier alpha value is -2.19. The number of carbonyl (C=O) groups is 1. The van der Waals surface area contributed by atoms with Gasteiger partial charge in [-0.25, -0.2) is 8.42 Å². The number of hydrogen-bond acceptors (Lipinski definition) is 5. The number of benzene rings is 1. The summed E-state index contributed by atoms with van der Waals surface area (Å²) < 4.78 is 32.4. The summed E-state index contributed by atoms with van der Waals surface area (Å²) in [6.07, 6.45) is 0.895. The molecule has 1 aliphatic rings. The lowest BCUT2D eigenvalue weighted by Crippen LogP contribution is -2.52. The highest BCUT2D eigenvalue weighted by molar-refractivity contribution is 7.89. The van der Waals surface area contributed by atoms with Crippen molar-refractivity contribution in [3.05, 3.63) is 47.3 Å². The Balaban J connectivity index is 1.75. The molecule has 1 saturated heterocycles. The fourth-order valence-corrected chi connectivity index (χ4v) is 5.64. The lowest BCUT2D eigenvalue weighted by molar-refractivity contribution is -0.135. The van der Waals surface area contributed by atoms with Gasteiger partial charge in [0.05, 0.1) is 5.92 Å². The van der Waals surface area contributed by atoms with E-state index >= 15 is 0 Å². The fraction of sp³-hybridized carbons (Fsp3) is 0.524. The van der Waals surface area contributed by atoms with E-state index < -0.39 is 10.0 Å². The van der Waals surface area contributed by atoms with Crippen molar-refractivity contribution in [1.29, 1.82) is 0 Å². The molecule has 1 aromatic carbocycles. The Morgan fingerprint density at radius 1 is 1.14 bits per heavy atom. The standard InChI is InChI=1S/C21H29N3O4S/c1-5-15(2)19(18-9-7-6-8-10-18)21(25)23-11-13-24(14-12-23)29(26,27)20-16(3)22-28-17(20)4/h6-10,15,19H,5,11-14H2,1-4H3. The molecule has 7 nitrogen and oxygen atoms in total. The summed E-state index contributed by atoms with van der Waals surface area (Å²) in [6, 6.07) is 9.83. The van der Waals surface area contributed by atoms with Gasteiger partial charge in [0.2, 0.25) is 15.9 Å². The van der Waals surface area contributed by atoms with E-state index in [1.165, 1.54) is 4.31 Å². The van der Waals surface area contributed by atoms with E-state index in [1.54, 1.807) is 18.7 Å². The molecule has 0 aliphatic carbocycles. The van der Waals surface area contributed by atoms with E-state index in [-0.39, 0.29) is 35.7 Å². The summed E-state index contributed by atoms with van der Waals surface area (Å²) in [5.41, 5.74) is 1.37. The van der Waals surface area contributed by atoms with Crippen LogP contribution in [0.5, 0.6) is 0 Å². The molecule has 0 bridgehead atoms. The van der Waals surface area contributed by atoms with Crippen molar-refractivity contribution in [1.82, 2.24) is 14.4 Å². The quantitative estimate of drug-likeness (QED) is 0.719. The van der Waals surface area contributed by atoms with Crippen LogP contribution in [0.25, 0.3) is 0 Å². The second kappa shape index (κ2) is 8.67. The second-order valence-electron chi connectivity index (χ2n) is 7.66. The first-order valence-electron chi connectivity index (χ1n) is 10.0. The van der Waals surface area contributed by atoms with Gasteiger partial charge in [-0.15, -0.1) is 0 Å². The van der Waals surface area contributed by atoms with Gasteiger partial charge >= 0.3 is 0 Å². The number of carbonyl (C=O) groups excluding carboxylic acids is 1. The minimum Gasteiger partial charge on any atom is -0.360 e. The molecule has 0 spiro atoms. The summed E-state index contributed by atoms with van der Waals surface area (Å²) >= 11 is 0. The summed E-state index contributed by atoms with van der Waals surface area (Å²) in [6.45, 7) is 8.68. The van der Waals surface area contributed by atoms with E-state index in [2.05, 4.69) is 19.0 Å². The van der Waals surface area contributed by atoms with Crippen LogP contribution in [0, 0.1) is 19.8 Å². The van der Waals surface area contributed by atoms with Crippen molar-refractivity contribution in [3.8, 4) is 0 Å². The summed E-state index contributed by atoms with van der Waals surface area (Å²) in [7, 11) is -3.68. The minimum atomic E-state index is -3.68. The SMILES string of the molecule is CCC(C)C(C(=O)N1CCN(S(=O)(=O)c2c(C)noc2C)CC1)c1ccccc1. The smallest absolute Gasteiger partial charge is 0.248 e. The molecule has 0 saturated carbocycles. The number of hydrogen-bond donors (Lipinski definition) is 0. The van der Waals surface area contributed by atoms with Crippen LogP contribution in [-0.4, -0.2) is 54.9 Å². The Labute approximate surface area is 172 Å². The predicted octanol–water partition coefficient (Wildman–Crippen LogP) is 2.95. The molecule has 1 amide bonds. The lowest BCUT2D eigenvalue weighted by atomic mass is 9.84. The zero-order valence-corrected chi connectivity index (χ0v) is 18.3. The lowest BCUT2D eigenvalue weighted by Gasteiger charge is -2.37. The third-order valence-electron chi connectivity index (χ3n) is 5.75. The number of amides is 1. The highest BCUT2D eigenvalue weighted by Gasteiger charge is 2.36. The monoisotopic (exact) mass is 419 g/mol. The fourth-order valence-electron chi connectivity index (χ4n) is 3.93. The van der Waals surface area contributed by atoms with Crippen LogP contribution in [0.15, 0.2) is 39.8 Å². The van der Waals surface area contributed by atoms with E-state index in [9.17, 15) is 13.2 Å². The molecule has 1 fully saturated rings. The molecule has 3 rings (SSSR count). The van der Waals surface area contributed by atoms with Crippen LogP contribution in [0.2, 0.25) is 0 Å². The van der Waals surface area contributed by atoms with Gasteiger partial charge in [-0.3, -0.25) is 4.79 Å². The van der Waals surface area contributed by atoms with Crippen LogP contribution >= 0.6 is 0 Å². The molecule has 29 heavy (non-hydrogen) atoms. The maximum atomic E-state index is 13.3. The molecule has 0 radical (unpaired) electrons. The van der Waals surface area contributed by atoms with E-state index in [0.717, 1.165) is 12.0 Å². The van der Waals surface area contributed by atoms with Gasteiger partial charge in [-0.1, -0.05) is 55.8 Å². The number of piperazine rings is 1. The molecular formula is C21H29N3O4S. The topological polar surface area (TPSA) is 83.7 Å². The van der Waals surface area contributed by atoms with Crippen molar-refractivity contribution >= 4 is 15.9 Å². The van der Waals surface area contributed by atoms with Crippen LogP contribution < -0.4 is 0 Å². The van der Waals surface area contributed by atoms with Crippen LogP contribution in [0.1, 0.15) is 43.2 Å². The molecule has 8 heteroatoms. The van der Waals surface area contributed by atoms with Gasteiger partial charge in [0.1, 0.15) is 10.6 Å². The molecule has 2 atom stereocenters. The average Bonchev–Trinajstić information content (AvgIpc) is 3.07. The molecular weight excluding hydrogens is 390 g/mol. The van der Waals surface area contributed by atoms with Gasteiger partial charge < -0.3 is 9.42 Å². The van der Waals surface area contributed by atoms with Crippen LogP contribution in [-0.2, 0) is 14.8 Å². The Morgan fingerprint density at radius 2 is 1.76 bits per heavy atom. The largest absolute Gasteiger partial charge is 0.360 e. The predicted molar refractivity (Wildman–Crippen MR) is 110 cm³/mol. The number of sulfonamides is 1. The minimum absolute atomic E-state index is 0.0694. The number of rotatable bonds is 6. The third kappa shape index (κ3) is 4.23. The Kier molecular flexibility index (Phi) is 6.43. The molecule has 0 N–H and O–H groups in total. The number of aromatic nitrogens is 1. The normalized spacial score (nSPS) is 17.9. The summed E-state index contributed by atoms with van der Waals surface area (Å²) in [5, 5.41) is 3.76. The Bertz CT molecular complexity index is 928. The van der Waals surface area contributed by atoms with E-state index in [0.29, 0.717) is 24.5 Å². The summed E-state index contributed by atoms with van der Waals surface area (Å²) in [5.74, 6) is 0.350. The molecule has 2 aromatic rings. The van der Waals surface area contributed by atoms with Gasteiger partial charge in [-0.2, -0.15) is 4.31 Å². The zero-order chi connectivity index (χ0) is 21.2. The van der Waals surface area contributed by atoms with E-state index in [1.807, 2.05) is 30.3 Å². The van der Waals surface area contributed by atoms with Gasteiger partial charge in [0.15, 0.2) is 5.76 Å². The maximum absolute atomic E-state index is 13.3. The van der Waals surface area contributed by atoms with Crippen molar-refractivity contribution in [2.24, 2.45) is 5.92 Å². The van der Waals surface area contributed by atoms with Crippen molar-refractivity contribution < 1.29 is 17.7 Å². The molecule has 2 heterocycles. The third-order valence-corrected chi connectivity index (χ3v) is 7.90. The molecule has 1 aromatic heterocycles. The number of nitrogens with zero attached hydrogens (tertiary/aromatic N) is 3. The van der Waals surface area contributed by atoms with Crippen LogP contribution in [0.4, 0.5) is 0 Å². The summed E-state index contributed by atoms with van der Waals surface area (Å²) in [4.78, 5) is 15.3. The molecule has 1 aliphatic heterocycles. The van der Waals surface area contributed by atoms with Gasteiger partial charge in [0, 0.05) is 26.2 Å². The number of aryl methyl sites for hydroxylation is 2. The molecule has 158 valence electrons. The van der Waals surface area contributed by atoms with Crippen LogP contribution in [0.3, 0.4) is 0 Å². The van der Waals surface area contributed by atoms with Gasteiger partial charge in [-0.05, 0) is 25.3 Å². The Morgan fingerprint density at radius 3 is 2.28 bits per heavy atom. The van der Waals surface area contributed by atoms with E-state index in [4.69, 9.17) is 4.52 Å². The van der Waals surface area contributed by atoms with Crippen molar-refractivity contribution in [3.63, 3.8) is 0 Å². The second-order valence-corrected chi connectivity index (χ2v) is 9.53. The zero-order valence-electron chi connectivity index (χ0n) is 17.5. The first-order chi connectivity index (χ1) is 13.8. The van der Waals surface area contributed by atoms with Gasteiger partial charge in [0.25, 0.3) is 0 Å². The molecule has 2 unspecified atom stereocenters. The first kappa shape index (κ1) is 21.5. The average molecular weight is 420 g/mol.